The molecule has 1 N–H and O–H groups in total. The van der Waals surface area contributed by atoms with Crippen molar-refractivity contribution >= 4 is 0 Å². The molecule has 0 saturated heterocycles. The van der Waals surface area contributed by atoms with E-state index in [9.17, 15) is 0 Å². The van der Waals surface area contributed by atoms with Crippen LogP contribution in [0.2, 0.25) is 0 Å². The summed E-state index contributed by atoms with van der Waals surface area (Å²) in [7, 11) is 2.12. The van der Waals surface area contributed by atoms with Crippen LogP contribution in [0.3, 0.4) is 0 Å². The van der Waals surface area contributed by atoms with E-state index in [4.69, 9.17) is 0 Å². The van der Waals surface area contributed by atoms with Gasteiger partial charge in [-0.1, -0.05) is 49.9 Å². The summed E-state index contributed by atoms with van der Waals surface area (Å²) in [6.07, 6.45) is 6.90. The monoisotopic (exact) mass is 245 g/mol. The van der Waals surface area contributed by atoms with E-state index in [1.807, 2.05) is 0 Å². The molecule has 1 heteroatoms. The summed E-state index contributed by atoms with van der Waals surface area (Å²) in [6, 6.07) is 7.35. The summed E-state index contributed by atoms with van der Waals surface area (Å²) < 4.78 is 0. The predicted molar refractivity (Wildman–Crippen MR) is 78.9 cm³/mol. The van der Waals surface area contributed by atoms with Gasteiger partial charge >= 0.3 is 0 Å². The number of hydrogen-bond acceptors (Lipinski definition) is 1. The first-order chi connectivity index (χ1) is 8.57. The van der Waals surface area contributed by atoms with Gasteiger partial charge in [-0.25, -0.2) is 0 Å². The van der Waals surface area contributed by atoms with Gasteiger partial charge in [0.05, 0.1) is 0 Å². The van der Waals surface area contributed by atoms with Crippen LogP contribution >= 0.6 is 0 Å². The second-order valence-corrected chi connectivity index (χ2v) is 6.30. The van der Waals surface area contributed by atoms with Crippen molar-refractivity contribution in [3.8, 4) is 0 Å². The average Bonchev–Trinajstić information content (AvgIpc) is 2.35. The van der Waals surface area contributed by atoms with E-state index < -0.39 is 0 Å². The van der Waals surface area contributed by atoms with Gasteiger partial charge in [-0.2, -0.15) is 0 Å². The van der Waals surface area contributed by atoms with E-state index >= 15 is 0 Å². The van der Waals surface area contributed by atoms with Crippen molar-refractivity contribution in [3.63, 3.8) is 0 Å². The largest absolute Gasteiger partial charge is 0.313 e. The van der Waals surface area contributed by atoms with Crippen LogP contribution in [0.5, 0.6) is 0 Å². The van der Waals surface area contributed by atoms with Gasteiger partial charge < -0.3 is 5.32 Å². The van der Waals surface area contributed by atoms with E-state index in [-0.39, 0.29) is 0 Å². The molecule has 1 fully saturated rings. The normalized spacial score (nSPS) is 20.7. The van der Waals surface area contributed by atoms with E-state index in [0.29, 0.717) is 11.5 Å². The number of aryl methyl sites for hydroxylation is 2. The van der Waals surface area contributed by atoms with Gasteiger partial charge in [0.25, 0.3) is 0 Å². The van der Waals surface area contributed by atoms with Crippen molar-refractivity contribution in [1.82, 2.24) is 5.32 Å². The Hall–Kier alpha value is -0.820. The van der Waals surface area contributed by atoms with Gasteiger partial charge in [0, 0.05) is 6.04 Å². The fourth-order valence-electron chi connectivity index (χ4n) is 3.60. The third-order valence-corrected chi connectivity index (χ3v) is 4.73. The molecule has 0 heterocycles. The molecule has 18 heavy (non-hydrogen) atoms. The molecule has 2 rings (SSSR count). The Balaban J connectivity index is 2.35. The molecule has 0 amide bonds. The summed E-state index contributed by atoms with van der Waals surface area (Å²) in [5, 5.41) is 3.60. The molecule has 1 aliphatic rings. The summed E-state index contributed by atoms with van der Waals surface area (Å²) >= 11 is 0. The predicted octanol–water partition coefficient (Wildman–Crippen LogP) is 4.53. The lowest BCUT2D eigenvalue weighted by molar-refractivity contribution is 0.150. The number of benzene rings is 1. The highest BCUT2D eigenvalue weighted by Gasteiger charge is 2.36. The molecule has 1 atom stereocenters. The molecule has 0 bridgehead atoms. The first kappa shape index (κ1) is 13.6. The number of rotatable bonds is 3. The van der Waals surface area contributed by atoms with E-state index in [2.05, 4.69) is 51.3 Å². The molecular formula is C17H27N. The molecule has 1 unspecified atom stereocenters. The highest BCUT2D eigenvalue weighted by atomic mass is 14.9. The first-order valence-corrected chi connectivity index (χ1v) is 7.31. The van der Waals surface area contributed by atoms with Gasteiger partial charge in [0.1, 0.15) is 0 Å². The van der Waals surface area contributed by atoms with Crippen molar-refractivity contribution in [3.05, 3.63) is 34.9 Å². The smallest absolute Gasteiger partial charge is 0.0374 e. The molecule has 0 radical (unpaired) electrons. The lowest BCUT2D eigenvalue weighted by atomic mass is 9.68. The highest BCUT2D eigenvalue weighted by Crippen LogP contribution is 2.46. The average molecular weight is 245 g/mol. The fraction of sp³-hybridized carbons (Fsp3) is 0.647. The van der Waals surface area contributed by atoms with Crippen molar-refractivity contribution in [2.45, 2.75) is 58.9 Å². The Morgan fingerprint density at radius 1 is 1.11 bits per heavy atom. The van der Waals surface area contributed by atoms with Crippen LogP contribution in [0, 0.1) is 19.3 Å². The topological polar surface area (TPSA) is 12.0 Å². The molecule has 0 aliphatic heterocycles. The molecule has 1 aromatic carbocycles. The van der Waals surface area contributed by atoms with Crippen LogP contribution < -0.4 is 5.32 Å². The van der Waals surface area contributed by atoms with E-state index in [1.165, 1.54) is 48.8 Å². The Kier molecular flexibility index (Phi) is 4.11. The van der Waals surface area contributed by atoms with Crippen LogP contribution in [-0.2, 0) is 0 Å². The van der Waals surface area contributed by atoms with E-state index in [0.717, 1.165) is 0 Å². The quantitative estimate of drug-likeness (QED) is 0.824. The van der Waals surface area contributed by atoms with Crippen LogP contribution in [0.1, 0.15) is 61.8 Å². The fourth-order valence-corrected chi connectivity index (χ4v) is 3.60. The number of nitrogens with one attached hydrogen (secondary N) is 1. The molecule has 0 aromatic heterocycles. The summed E-state index contributed by atoms with van der Waals surface area (Å²) in [5.41, 5.74) is 4.72. The minimum Gasteiger partial charge on any atom is -0.313 e. The molecule has 1 aromatic rings. The Morgan fingerprint density at radius 3 is 2.39 bits per heavy atom. The molecule has 1 saturated carbocycles. The minimum absolute atomic E-state index is 0.422. The lowest BCUT2D eigenvalue weighted by Crippen LogP contribution is -2.36. The summed E-state index contributed by atoms with van der Waals surface area (Å²) in [6.45, 7) is 6.90. The zero-order valence-corrected chi connectivity index (χ0v) is 12.3. The summed E-state index contributed by atoms with van der Waals surface area (Å²) in [4.78, 5) is 0. The van der Waals surface area contributed by atoms with Crippen LogP contribution in [0.4, 0.5) is 0 Å². The highest BCUT2D eigenvalue weighted by molar-refractivity contribution is 5.34. The van der Waals surface area contributed by atoms with Gasteiger partial charge in [-0.3, -0.25) is 0 Å². The third-order valence-electron chi connectivity index (χ3n) is 4.73. The lowest BCUT2D eigenvalue weighted by Gasteiger charge is -2.41. The van der Waals surface area contributed by atoms with Gasteiger partial charge in [0.2, 0.25) is 0 Å². The Morgan fingerprint density at radius 2 is 1.78 bits per heavy atom. The van der Waals surface area contributed by atoms with Gasteiger partial charge in [0.15, 0.2) is 0 Å². The SMILES string of the molecule is CNC(c1cc(C)ccc1C)C1(C)CCCCC1. The molecular weight excluding hydrogens is 218 g/mol. The Labute approximate surface area is 112 Å². The van der Waals surface area contributed by atoms with Gasteiger partial charge in [-0.15, -0.1) is 0 Å². The minimum atomic E-state index is 0.422. The van der Waals surface area contributed by atoms with Gasteiger partial charge in [-0.05, 0) is 50.3 Å². The van der Waals surface area contributed by atoms with Crippen molar-refractivity contribution in [2.75, 3.05) is 7.05 Å². The second kappa shape index (κ2) is 5.44. The van der Waals surface area contributed by atoms with Crippen molar-refractivity contribution in [1.29, 1.82) is 0 Å². The Bertz CT molecular complexity index is 402. The van der Waals surface area contributed by atoms with Crippen LogP contribution in [0.25, 0.3) is 0 Å². The maximum Gasteiger partial charge on any atom is 0.0374 e. The molecule has 100 valence electrons. The molecule has 1 aliphatic carbocycles. The number of hydrogen-bond donors (Lipinski definition) is 1. The van der Waals surface area contributed by atoms with E-state index in [1.54, 1.807) is 0 Å². The van der Waals surface area contributed by atoms with Crippen LogP contribution in [-0.4, -0.2) is 7.05 Å². The zero-order valence-electron chi connectivity index (χ0n) is 12.3. The zero-order chi connectivity index (χ0) is 13.2. The molecule has 0 spiro atoms. The maximum absolute atomic E-state index is 3.60. The summed E-state index contributed by atoms with van der Waals surface area (Å²) in [5.74, 6) is 0. The van der Waals surface area contributed by atoms with Crippen LogP contribution in [0.15, 0.2) is 18.2 Å². The molecule has 1 nitrogen and oxygen atoms in total. The maximum atomic E-state index is 3.60. The second-order valence-electron chi connectivity index (χ2n) is 6.30. The third kappa shape index (κ3) is 2.61. The van der Waals surface area contributed by atoms with Crippen molar-refractivity contribution < 1.29 is 0 Å². The first-order valence-electron chi connectivity index (χ1n) is 7.31. The standard InChI is InChI=1S/C17H27N/c1-13-8-9-14(2)15(12-13)16(18-4)17(3)10-6-5-7-11-17/h8-9,12,16,18H,5-7,10-11H2,1-4H3. The van der Waals surface area contributed by atoms with Crippen molar-refractivity contribution in [2.24, 2.45) is 5.41 Å².